The second kappa shape index (κ2) is 27.1. The minimum Gasteiger partial charge on any atom is -0.543 e. The quantitative estimate of drug-likeness (QED) is 0.0214. The van der Waals surface area contributed by atoms with Crippen LogP contribution in [-0.4, -0.2) is 108 Å². The average molecular weight is 1090 g/mol. The lowest BCUT2D eigenvalue weighted by Crippen LogP contribution is -2.57. The number of alkyl carbamates (subject to hydrolysis) is 3. The van der Waals surface area contributed by atoms with Crippen molar-refractivity contribution in [2.45, 2.75) is 208 Å². The third-order valence-corrected chi connectivity index (χ3v) is 15.8. The molecule has 0 fully saturated rings. The number of aromatic nitrogens is 2. The molecule has 0 spiro atoms. The summed E-state index contributed by atoms with van der Waals surface area (Å²) >= 11 is 0. The van der Waals surface area contributed by atoms with E-state index in [9.17, 15) is 24.0 Å². The first kappa shape index (κ1) is 64.6. The summed E-state index contributed by atoms with van der Waals surface area (Å²) in [7, 11) is -2.27. The molecule has 2 aromatic carbocycles. The zero-order valence-electron chi connectivity index (χ0n) is 49.0. The number of aliphatic imine (C=N–C) groups is 1. The van der Waals surface area contributed by atoms with Crippen molar-refractivity contribution in [1.82, 2.24) is 42.0 Å². The number of nitrogens with one attached hydrogen (secondary N) is 6. The fourth-order valence-electron chi connectivity index (χ4n) is 7.01. The van der Waals surface area contributed by atoms with Crippen molar-refractivity contribution in [2.24, 2.45) is 4.99 Å². The van der Waals surface area contributed by atoms with Gasteiger partial charge < -0.3 is 54.5 Å². The van der Waals surface area contributed by atoms with Crippen molar-refractivity contribution in [3.05, 3.63) is 76.4 Å². The van der Waals surface area contributed by atoms with Gasteiger partial charge in [-0.25, -0.2) is 19.2 Å². The molecule has 3 rings (SSSR count). The van der Waals surface area contributed by atoms with Crippen LogP contribution in [0.5, 0.6) is 5.75 Å². The van der Waals surface area contributed by atoms with Crippen LogP contribution in [0.3, 0.4) is 0 Å². The Bertz CT molecular complexity index is 2490. The Hall–Kier alpha value is -6.71. The molecule has 0 aliphatic rings. The van der Waals surface area contributed by atoms with Crippen molar-refractivity contribution >= 4 is 50.5 Å². The van der Waals surface area contributed by atoms with Crippen LogP contribution in [0.25, 0.3) is 0 Å². The number of ether oxygens (including phenoxy) is 4. The highest BCUT2D eigenvalue weighted by Gasteiger charge is 2.39. The van der Waals surface area contributed by atoms with Crippen LogP contribution < -0.4 is 36.3 Å². The molecule has 6 N–H and O–H groups in total. The largest absolute Gasteiger partial charge is 0.543 e. The molecule has 428 valence electrons. The van der Waals surface area contributed by atoms with Gasteiger partial charge in [-0.15, -0.1) is 4.99 Å². The normalized spacial score (nSPS) is 13.7. The van der Waals surface area contributed by atoms with Crippen LogP contribution in [0.2, 0.25) is 18.1 Å². The first-order valence-corrected chi connectivity index (χ1v) is 29.0. The zero-order valence-corrected chi connectivity index (χ0v) is 50.0. The van der Waals surface area contributed by atoms with E-state index in [-0.39, 0.29) is 43.3 Å². The number of hydrogen-bond acceptors (Lipinski definition) is 14. The Balaban J connectivity index is 2.18. The van der Waals surface area contributed by atoms with E-state index in [1.807, 2.05) is 56.3 Å². The van der Waals surface area contributed by atoms with Crippen molar-refractivity contribution in [1.29, 1.82) is 0 Å². The van der Waals surface area contributed by atoms with Gasteiger partial charge in [-0.05, 0) is 169 Å². The van der Waals surface area contributed by atoms with Crippen LogP contribution >= 0.6 is 0 Å². The van der Waals surface area contributed by atoms with Crippen LogP contribution in [0.15, 0.2) is 52.0 Å². The summed E-state index contributed by atoms with van der Waals surface area (Å²) in [6.45, 7) is 34.7. The van der Waals surface area contributed by atoms with Crippen LogP contribution in [-0.2, 0) is 41.4 Å². The summed E-state index contributed by atoms with van der Waals surface area (Å²) in [6, 6.07) is 9.73. The molecule has 0 unspecified atom stereocenters. The molecule has 77 heavy (non-hydrogen) atoms. The minimum absolute atomic E-state index is 0.0382. The molecule has 21 nitrogen and oxygen atoms in total. The maximum atomic E-state index is 15.1. The molecule has 0 bridgehead atoms. The minimum atomic E-state index is -2.27. The second-order valence-corrected chi connectivity index (χ2v) is 29.2. The standard InChI is InChI=1S/C55H87N9O12Si/c1-34-30-37(76-77(18,19)55(15,16)17)31-35(2)38(34)33-41(44(66)58-40(26-23-28-56-47(67)71-51(3,4)5)45-61-42(64-75-45)32-36-24-21-20-22-25-36)59-43(65)39(27-29-57-48(68)72-52(6,7)8)60-46(62-49(69)73-53(9,10)11)63-50(70)74-54(12,13)14/h20-22,24-25,30-31,39-41H,23,26-29,32-33H2,1-19H3,(H,56,67)(H,57,68)(H,58,66)(H,59,65)(H2,60,62,63,69,70)/t39-,40+,41+/m1/s1. The monoisotopic (exact) mass is 1090 g/mol. The number of carbonyl (C=O) groups is 6. The van der Waals surface area contributed by atoms with Gasteiger partial charge in [0.1, 0.15) is 46.3 Å². The van der Waals surface area contributed by atoms with Gasteiger partial charge in [-0.3, -0.25) is 14.9 Å². The highest BCUT2D eigenvalue weighted by Crippen LogP contribution is 2.38. The summed E-state index contributed by atoms with van der Waals surface area (Å²) in [5.74, 6) is -0.820. The predicted molar refractivity (Wildman–Crippen MR) is 296 cm³/mol. The van der Waals surface area contributed by atoms with Crippen molar-refractivity contribution in [3.63, 3.8) is 0 Å². The van der Waals surface area contributed by atoms with E-state index in [0.717, 1.165) is 22.3 Å². The number of guanidine groups is 1. The fourth-order valence-corrected chi connectivity index (χ4v) is 8.02. The number of hydrogen-bond donors (Lipinski definition) is 6. The molecule has 0 aliphatic carbocycles. The zero-order chi connectivity index (χ0) is 58.3. The van der Waals surface area contributed by atoms with Crippen LogP contribution in [0, 0.1) is 13.8 Å². The molecule has 0 saturated heterocycles. The molecule has 22 heteroatoms. The fraction of sp³-hybridized carbons (Fsp3) is 0.618. The number of carbonyl (C=O) groups excluding carboxylic acids is 6. The van der Waals surface area contributed by atoms with Gasteiger partial charge in [0.15, 0.2) is 5.82 Å². The molecule has 0 saturated carbocycles. The molecular weight excluding hydrogens is 1010 g/mol. The molecule has 1 heterocycles. The third-order valence-electron chi connectivity index (χ3n) is 11.5. The Morgan fingerprint density at radius 3 is 1.70 bits per heavy atom. The number of nitrogens with zero attached hydrogens (tertiary/aromatic N) is 3. The van der Waals surface area contributed by atoms with Crippen molar-refractivity contribution in [2.75, 3.05) is 13.1 Å². The van der Waals surface area contributed by atoms with Gasteiger partial charge in [-0.1, -0.05) is 56.3 Å². The smallest absolute Gasteiger partial charge is 0.437 e. The molecule has 0 radical (unpaired) electrons. The Kier molecular flexibility index (Phi) is 22.7. The summed E-state index contributed by atoms with van der Waals surface area (Å²) in [4.78, 5) is 90.6. The summed E-state index contributed by atoms with van der Waals surface area (Å²) in [5.41, 5.74) is -0.270. The molecular formula is C55H87N9O12Si. The number of benzene rings is 2. The van der Waals surface area contributed by atoms with E-state index in [2.05, 4.69) is 80.9 Å². The van der Waals surface area contributed by atoms with E-state index < -0.39 is 91.0 Å². The molecule has 3 atom stereocenters. The van der Waals surface area contributed by atoms with Gasteiger partial charge in [-0.2, -0.15) is 4.98 Å². The van der Waals surface area contributed by atoms with E-state index in [1.54, 1.807) is 83.1 Å². The molecule has 0 aliphatic heterocycles. The molecule has 1 aromatic heterocycles. The van der Waals surface area contributed by atoms with E-state index >= 15 is 4.79 Å². The third kappa shape index (κ3) is 24.4. The van der Waals surface area contributed by atoms with Gasteiger partial charge in [0, 0.05) is 25.9 Å². The lowest BCUT2D eigenvalue weighted by Gasteiger charge is -2.36. The van der Waals surface area contributed by atoms with Crippen LogP contribution in [0.1, 0.15) is 163 Å². The maximum absolute atomic E-state index is 15.1. The lowest BCUT2D eigenvalue weighted by molar-refractivity contribution is -0.130. The Morgan fingerprint density at radius 2 is 1.17 bits per heavy atom. The van der Waals surface area contributed by atoms with Gasteiger partial charge in [0.25, 0.3) is 0 Å². The maximum Gasteiger partial charge on any atom is 0.437 e. The summed E-state index contributed by atoms with van der Waals surface area (Å²) in [5, 5.41) is 20.7. The van der Waals surface area contributed by atoms with Crippen molar-refractivity contribution < 1.29 is 56.7 Å². The first-order valence-electron chi connectivity index (χ1n) is 26.1. The van der Waals surface area contributed by atoms with Gasteiger partial charge in [0.05, 0.1) is 0 Å². The summed E-state index contributed by atoms with van der Waals surface area (Å²) < 4.78 is 34.2. The van der Waals surface area contributed by atoms with Crippen LogP contribution in [0.4, 0.5) is 19.2 Å². The first-order chi connectivity index (χ1) is 35.3. The molecule has 6 amide bonds. The number of rotatable bonds is 19. The Morgan fingerprint density at radius 1 is 0.649 bits per heavy atom. The highest BCUT2D eigenvalue weighted by molar-refractivity contribution is 6.74. The van der Waals surface area contributed by atoms with Gasteiger partial charge >= 0.3 is 24.4 Å². The number of aryl methyl sites for hydroxylation is 2. The second-order valence-electron chi connectivity index (χ2n) is 24.5. The SMILES string of the molecule is Cc1cc(O[Si](C)(C)C(C)(C)C)cc(C)c1C[C@H](NC(=O)[C@@H](CCNC(=O)OC(C)(C)C)N/C(=N\C(=O)OC(C)(C)C)NC(=O)OC(C)(C)C)C(=O)N[C@@H](CCCNC(=O)OC(C)(C)C)c1nc(Cc2ccccc2)no1. The lowest BCUT2D eigenvalue weighted by atomic mass is 9.95. The predicted octanol–water partition coefficient (Wildman–Crippen LogP) is 9.54. The van der Waals surface area contributed by atoms with Gasteiger partial charge in [0.2, 0.25) is 32.0 Å². The van der Waals surface area contributed by atoms with E-state index in [1.165, 1.54) is 0 Å². The molecule has 3 aromatic rings. The van der Waals surface area contributed by atoms with E-state index in [4.69, 9.17) is 27.9 Å². The number of amides is 6. The summed E-state index contributed by atoms with van der Waals surface area (Å²) in [6.07, 6.45) is -2.86. The average Bonchev–Trinajstić information content (AvgIpc) is 3.70. The van der Waals surface area contributed by atoms with E-state index in [0.29, 0.717) is 24.4 Å². The van der Waals surface area contributed by atoms with Crippen molar-refractivity contribution in [3.8, 4) is 5.75 Å². The Labute approximate surface area is 456 Å². The topological polar surface area (TPSA) is 272 Å². The highest BCUT2D eigenvalue weighted by atomic mass is 28.4.